The van der Waals surface area contributed by atoms with Crippen molar-refractivity contribution < 1.29 is 14.6 Å². The third kappa shape index (κ3) is 3.92. The Labute approximate surface area is 193 Å². The van der Waals surface area contributed by atoms with Crippen LogP contribution in [0.1, 0.15) is 56.2 Å². The number of hydrogen-bond donors (Lipinski definition) is 2. The maximum Gasteiger partial charge on any atom is 0.226 e. The standard InChI is InChI=1S/C24H28Cl2N2O3/c1-3-24-9-8-18(17-6-5-16(12-19(17)26)31-11-10-29)21(20-7-4-15(25)13-27-20)22(24)14(2)28-23(24)30/h4-7,12-14,18,21-22,29H,3,8-11H2,1-2H3,(H,28,30)/t14-,18+,21-,22+,24-/m1/s1. The summed E-state index contributed by atoms with van der Waals surface area (Å²) in [4.78, 5) is 17.7. The third-order valence-electron chi connectivity index (χ3n) is 7.16. The van der Waals surface area contributed by atoms with Crippen LogP contribution in [0.2, 0.25) is 10.0 Å². The summed E-state index contributed by atoms with van der Waals surface area (Å²) in [5.41, 5.74) is 1.59. The molecule has 0 radical (unpaired) electrons. The van der Waals surface area contributed by atoms with E-state index in [9.17, 15) is 4.79 Å². The van der Waals surface area contributed by atoms with Crippen molar-refractivity contribution in [3.63, 3.8) is 0 Å². The number of carbonyl (C=O) groups is 1. The smallest absolute Gasteiger partial charge is 0.226 e. The summed E-state index contributed by atoms with van der Waals surface area (Å²) < 4.78 is 5.52. The molecule has 5 nitrogen and oxygen atoms in total. The number of nitrogens with zero attached hydrogens (tertiary/aromatic N) is 1. The molecule has 2 N–H and O–H groups in total. The van der Waals surface area contributed by atoms with Crippen LogP contribution in [0.5, 0.6) is 5.75 Å². The topological polar surface area (TPSA) is 71.5 Å². The van der Waals surface area contributed by atoms with Crippen LogP contribution in [-0.2, 0) is 4.79 Å². The number of pyridine rings is 1. The molecule has 31 heavy (non-hydrogen) atoms. The third-order valence-corrected chi connectivity index (χ3v) is 7.71. The lowest BCUT2D eigenvalue weighted by Gasteiger charge is -2.47. The normalized spacial score (nSPS) is 30.0. The molecule has 1 aromatic heterocycles. The lowest BCUT2D eigenvalue weighted by molar-refractivity contribution is -0.131. The van der Waals surface area contributed by atoms with Crippen LogP contribution in [0.3, 0.4) is 0 Å². The zero-order chi connectivity index (χ0) is 22.2. The molecule has 0 bridgehead atoms. The number of rotatable bonds is 6. The highest BCUT2D eigenvalue weighted by Gasteiger charge is 2.59. The number of benzene rings is 1. The summed E-state index contributed by atoms with van der Waals surface area (Å²) in [5.74, 6) is 1.05. The van der Waals surface area contributed by atoms with E-state index in [0.717, 1.165) is 30.5 Å². The van der Waals surface area contributed by atoms with Gasteiger partial charge in [-0.15, -0.1) is 0 Å². The largest absolute Gasteiger partial charge is 0.491 e. The molecule has 4 rings (SSSR count). The molecule has 1 saturated heterocycles. The lowest BCUT2D eigenvalue weighted by atomic mass is 9.55. The summed E-state index contributed by atoms with van der Waals surface area (Å²) in [6.07, 6.45) is 4.14. The number of aliphatic hydroxyl groups is 1. The van der Waals surface area contributed by atoms with Crippen LogP contribution in [0.15, 0.2) is 36.5 Å². The number of amides is 1. The fourth-order valence-electron chi connectivity index (χ4n) is 5.81. The Balaban J connectivity index is 1.79. The van der Waals surface area contributed by atoms with Crippen molar-refractivity contribution in [1.29, 1.82) is 0 Å². The van der Waals surface area contributed by atoms with Gasteiger partial charge in [0.15, 0.2) is 0 Å². The number of fused-ring (bicyclic) bond motifs is 1. The van der Waals surface area contributed by atoms with Gasteiger partial charge in [-0.25, -0.2) is 0 Å². The minimum Gasteiger partial charge on any atom is -0.491 e. The van der Waals surface area contributed by atoms with E-state index in [4.69, 9.17) is 33.0 Å². The molecular formula is C24H28Cl2N2O3. The minimum atomic E-state index is -0.390. The lowest BCUT2D eigenvalue weighted by Crippen LogP contribution is -2.44. The Bertz CT molecular complexity index is 952. The van der Waals surface area contributed by atoms with E-state index in [1.165, 1.54) is 0 Å². The SMILES string of the molecule is CC[C@@]12CC[C@@H](c3ccc(OCCO)cc3Cl)[C@H](c3ccc(Cl)cn3)[C@@H]1[C@@H](C)NC2=O. The highest BCUT2D eigenvalue weighted by Crippen LogP contribution is 2.60. The van der Waals surface area contributed by atoms with E-state index < -0.39 is 5.41 Å². The first kappa shape index (κ1) is 22.4. The Kier molecular flexibility index (Phi) is 6.47. The molecule has 1 aromatic carbocycles. The van der Waals surface area contributed by atoms with Gasteiger partial charge in [0.1, 0.15) is 12.4 Å². The zero-order valence-corrected chi connectivity index (χ0v) is 19.3. The van der Waals surface area contributed by atoms with Crippen molar-refractivity contribution in [1.82, 2.24) is 10.3 Å². The Morgan fingerprint density at radius 2 is 2.10 bits per heavy atom. The van der Waals surface area contributed by atoms with E-state index in [0.29, 0.717) is 15.8 Å². The summed E-state index contributed by atoms with van der Waals surface area (Å²) in [6, 6.07) is 9.60. The number of hydrogen-bond acceptors (Lipinski definition) is 4. The van der Waals surface area contributed by atoms with Crippen LogP contribution < -0.4 is 10.1 Å². The fourth-order valence-corrected chi connectivity index (χ4v) is 6.23. The quantitative estimate of drug-likeness (QED) is 0.636. The highest BCUT2D eigenvalue weighted by atomic mass is 35.5. The average Bonchev–Trinajstić information content (AvgIpc) is 3.03. The predicted octanol–water partition coefficient (Wildman–Crippen LogP) is 4.95. The van der Waals surface area contributed by atoms with Gasteiger partial charge in [0.25, 0.3) is 0 Å². The van der Waals surface area contributed by atoms with Crippen molar-refractivity contribution in [2.75, 3.05) is 13.2 Å². The molecule has 1 saturated carbocycles. The van der Waals surface area contributed by atoms with Crippen LogP contribution in [0.25, 0.3) is 0 Å². The maximum absolute atomic E-state index is 13.0. The fraction of sp³-hybridized carbons (Fsp3) is 0.500. The van der Waals surface area contributed by atoms with Gasteiger partial charge < -0.3 is 15.2 Å². The maximum atomic E-state index is 13.0. The van der Waals surface area contributed by atoms with E-state index in [1.54, 1.807) is 6.20 Å². The van der Waals surface area contributed by atoms with Crippen molar-refractivity contribution >= 4 is 29.1 Å². The van der Waals surface area contributed by atoms with Crippen LogP contribution >= 0.6 is 23.2 Å². The van der Waals surface area contributed by atoms with Gasteiger partial charge in [0, 0.05) is 34.8 Å². The van der Waals surface area contributed by atoms with Gasteiger partial charge in [-0.3, -0.25) is 9.78 Å². The molecule has 5 atom stereocenters. The van der Waals surface area contributed by atoms with Crippen LogP contribution in [-0.4, -0.2) is 35.3 Å². The molecule has 7 heteroatoms. The summed E-state index contributed by atoms with van der Waals surface area (Å²) in [7, 11) is 0. The first-order chi connectivity index (χ1) is 14.9. The van der Waals surface area contributed by atoms with Gasteiger partial charge >= 0.3 is 0 Å². The number of carbonyl (C=O) groups excluding carboxylic acids is 1. The molecule has 2 fully saturated rings. The molecule has 2 aromatic rings. The van der Waals surface area contributed by atoms with E-state index in [-0.39, 0.29) is 42.9 Å². The molecule has 1 aliphatic heterocycles. The molecule has 2 heterocycles. The van der Waals surface area contributed by atoms with E-state index in [2.05, 4.69) is 24.1 Å². The first-order valence-electron chi connectivity index (χ1n) is 10.9. The number of nitrogens with one attached hydrogen (secondary N) is 1. The van der Waals surface area contributed by atoms with Gasteiger partial charge in [0.2, 0.25) is 5.91 Å². The molecule has 166 valence electrons. The Morgan fingerprint density at radius 1 is 1.29 bits per heavy atom. The molecule has 0 unspecified atom stereocenters. The van der Waals surface area contributed by atoms with Crippen LogP contribution in [0.4, 0.5) is 0 Å². The van der Waals surface area contributed by atoms with E-state index >= 15 is 0 Å². The monoisotopic (exact) mass is 462 g/mol. The number of aliphatic hydroxyl groups excluding tert-OH is 1. The van der Waals surface area contributed by atoms with Gasteiger partial charge in [-0.1, -0.05) is 36.2 Å². The second-order valence-electron chi connectivity index (χ2n) is 8.63. The molecular weight excluding hydrogens is 435 g/mol. The number of aromatic nitrogens is 1. The average molecular weight is 463 g/mol. The van der Waals surface area contributed by atoms with Gasteiger partial charge in [0.05, 0.1) is 17.0 Å². The number of ether oxygens (including phenoxy) is 1. The highest BCUT2D eigenvalue weighted by molar-refractivity contribution is 6.31. The Morgan fingerprint density at radius 3 is 2.74 bits per heavy atom. The van der Waals surface area contributed by atoms with E-state index in [1.807, 2.05) is 30.3 Å². The second kappa shape index (κ2) is 8.97. The molecule has 2 aliphatic rings. The minimum absolute atomic E-state index is 0.0293. The zero-order valence-electron chi connectivity index (χ0n) is 17.8. The summed E-state index contributed by atoms with van der Waals surface area (Å²) >= 11 is 12.9. The van der Waals surface area contributed by atoms with Gasteiger partial charge in [-0.05, 0) is 61.9 Å². The van der Waals surface area contributed by atoms with Gasteiger partial charge in [-0.2, -0.15) is 0 Å². The van der Waals surface area contributed by atoms with Crippen LogP contribution in [0, 0.1) is 11.3 Å². The number of halogens is 2. The molecule has 1 amide bonds. The van der Waals surface area contributed by atoms with Crippen molar-refractivity contribution in [2.24, 2.45) is 11.3 Å². The predicted molar refractivity (Wildman–Crippen MR) is 122 cm³/mol. The summed E-state index contributed by atoms with van der Waals surface area (Å²) in [5, 5.41) is 13.4. The first-order valence-corrected chi connectivity index (χ1v) is 11.6. The van der Waals surface area contributed by atoms with Crippen molar-refractivity contribution in [3.05, 3.63) is 57.8 Å². The Hall–Kier alpha value is -1.82. The van der Waals surface area contributed by atoms with Crippen molar-refractivity contribution in [3.8, 4) is 5.75 Å². The molecule has 0 spiro atoms. The van der Waals surface area contributed by atoms with Crippen molar-refractivity contribution in [2.45, 2.75) is 51.0 Å². The summed E-state index contributed by atoms with van der Waals surface area (Å²) in [6.45, 7) is 4.38. The second-order valence-corrected chi connectivity index (χ2v) is 9.47. The molecule has 1 aliphatic carbocycles.